The minimum atomic E-state index is -4.39. The third kappa shape index (κ3) is 45.2. The molecule has 9 nitrogen and oxygen atoms in total. The van der Waals surface area contributed by atoms with Crippen molar-refractivity contribution in [2.45, 2.75) is 200 Å². The number of phosphoric acid groups is 1. The molecular formula is C50H91NO8P+. The molecule has 2 atom stereocenters. The molecule has 1 unspecified atom stereocenters. The maximum atomic E-state index is 12.7. The second kappa shape index (κ2) is 42.0. The van der Waals surface area contributed by atoms with E-state index in [1.165, 1.54) is 103 Å². The SMILES string of the molecule is CCCCCCCCC/C=C/C/C=C/C/C=C/C/C=C/CCCC(=O)OC[C@@H](COP(=O)(O)OCC[N+](C)(C)C)OC(=O)CCCCC/C=C/CCCCCCCCCC. The zero-order chi connectivity index (χ0) is 44.3. The highest BCUT2D eigenvalue weighted by atomic mass is 31.2. The van der Waals surface area contributed by atoms with Gasteiger partial charge in [0.05, 0.1) is 27.7 Å². The van der Waals surface area contributed by atoms with E-state index in [-0.39, 0.29) is 26.1 Å². The summed E-state index contributed by atoms with van der Waals surface area (Å²) in [5.74, 6) is -0.883. The summed E-state index contributed by atoms with van der Waals surface area (Å²) in [5, 5.41) is 0. The smallest absolute Gasteiger partial charge is 0.462 e. The van der Waals surface area contributed by atoms with Crippen LogP contribution in [-0.4, -0.2) is 74.9 Å². The Bertz CT molecular complexity index is 1210. The first-order chi connectivity index (χ1) is 29.0. The maximum Gasteiger partial charge on any atom is 0.472 e. The fourth-order valence-corrected chi connectivity index (χ4v) is 6.98. The summed E-state index contributed by atoms with van der Waals surface area (Å²) in [6.45, 7) is 4.34. The van der Waals surface area contributed by atoms with Crippen molar-refractivity contribution in [3.8, 4) is 0 Å². The number of unbranched alkanes of at least 4 members (excludes halogenated alkanes) is 19. The Morgan fingerprint density at radius 3 is 1.40 bits per heavy atom. The Balaban J connectivity index is 4.42. The molecule has 0 aliphatic carbocycles. The number of carbonyl (C=O) groups excluding carboxylic acids is 2. The van der Waals surface area contributed by atoms with Crippen LogP contribution in [0.15, 0.2) is 60.8 Å². The third-order valence-corrected chi connectivity index (χ3v) is 11.0. The maximum absolute atomic E-state index is 12.7. The summed E-state index contributed by atoms with van der Waals surface area (Å²) in [4.78, 5) is 35.4. The number of quaternary nitrogens is 1. The second-order valence-electron chi connectivity index (χ2n) is 17.1. The lowest BCUT2D eigenvalue weighted by Crippen LogP contribution is -2.37. The normalized spacial score (nSPS) is 14.0. The number of phosphoric ester groups is 1. The highest BCUT2D eigenvalue weighted by Gasteiger charge is 2.27. The van der Waals surface area contributed by atoms with Gasteiger partial charge in [0.1, 0.15) is 19.8 Å². The van der Waals surface area contributed by atoms with E-state index in [2.05, 4.69) is 74.6 Å². The number of rotatable bonds is 43. The van der Waals surface area contributed by atoms with E-state index in [0.717, 1.165) is 51.4 Å². The van der Waals surface area contributed by atoms with Gasteiger partial charge in [-0.05, 0) is 77.0 Å². The Labute approximate surface area is 368 Å². The van der Waals surface area contributed by atoms with Crippen LogP contribution in [0.25, 0.3) is 0 Å². The van der Waals surface area contributed by atoms with E-state index in [1.807, 2.05) is 21.1 Å². The zero-order valence-corrected chi connectivity index (χ0v) is 40.1. The molecule has 0 aliphatic heterocycles. The first-order valence-corrected chi connectivity index (χ1v) is 25.5. The number of esters is 2. The minimum absolute atomic E-state index is 0.0185. The van der Waals surface area contributed by atoms with E-state index >= 15 is 0 Å². The van der Waals surface area contributed by atoms with Gasteiger partial charge in [0.25, 0.3) is 0 Å². The molecule has 0 rings (SSSR count). The van der Waals surface area contributed by atoms with Gasteiger partial charge in [-0.25, -0.2) is 4.57 Å². The highest BCUT2D eigenvalue weighted by molar-refractivity contribution is 7.47. The molecule has 0 saturated carbocycles. The molecule has 0 fully saturated rings. The van der Waals surface area contributed by atoms with E-state index < -0.39 is 32.5 Å². The lowest BCUT2D eigenvalue weighted by atomic mass is 10.1. The van der Waals surface area contributed by atoms with Crippen LogP contribution >= 0.6 is 7.82 Å². The monoisotopic (exact) mass is 865 g/mol. The van der Waals surface area contributed by atoms with Crippen molar-refractivity contribution in [3.05, 3.63) is 60.8 Å². The average molecular weight is 865 g/mol. The number of carbonyl (C=O) groups is 2. The molecule has 10 heteroatoms. The van der Waals surface area contributed by atoms with E-state index in [1.54, 1.807) is 0 Å². The Morgan fingerprint density at radius 1 is 0.517 bits per heavy atom. The van der Waals surface area contributed by atoms with Crippen molar-refractivity contribution in [2.24, 2.45) is 0 Å². The van der Waals surface area contributed by atoms with E-state index in [0.29, 0.717) is 23.9 Å². The molecule has 60 heavy (non-hydrogen) atoms. The number of nitrogens with zero attached hydrogens (tertiary/aromatic N) is 1. The molecule has 0 amide bonds. The van der Waals surface area contributed by atoms with E-state index in [9.17, 15) is 19.0 Å². The van der Waals surface area contributed by atoms with Crippen LogP contribution in [0.1, 0.15) is 194 Å². The molecule has 0 spiro atoms. The molecule has 0 aromatic carbocycles. The summed E-state index contributed by atoms with van der Waals surface area (Å²) < 4.78 is 34.3. The molecule has 0 radical (unpaired) electrons. The summed E-state index contributed by atoms with van der Waals surface area (Å²) in [7, 11) is 1.43. The van der Waals surface area contributed by atoms with Crippen molar-refractivity contribution in [1.29, 1.82) is 0 Å². The van der Waals surface area contributed by atoms with Crippen LogP contribution in [0.3, 0.4) is 0 Å². The first kappa shape index (κ1) is 57.7. The quantitative estimate of drug-likeness (QED) is 0.0212. The molecule has 1 N–H and O–H groups in total. The Kier molecular flexibility index (Phi) is 40.4. The topological polar surface area (TPSA) is 108 Å². The fourth-order valence-electron chi connectivity index (χ4n) is 6.24. The average Bonchev–Trinajstić information content (AvgIpc) is 3.20. The highest BCUT2D eigenvalue weighted by Crippen LogP contribution is 2.43. The van der Waals surface area contributed by atoms with Crippen LogP contribution in [0.5, 0.6) is 0 Å². The Hall–Kier alpha value is -2.29. The summed E-state index contributed by atoms with van der Waals surface area (Å²) in [6, 6.07) is 0. The van der Waals surface area contributed by atoms with Crippen LogP contribution in [0.2, 0.25) is 0 Å². The van der Waals surface area contributed by atoms with Crippen LogP contribution in [0.4, 0.5) is 0 Å². The molecule has 0 bridgehead atoms. The predicted molar refractivity (Wildman–Crippen MR) is 252 cm³/mol. The summed E-state index contributed by atoms with van der Waals surface area (Å²) >= 11 is 0. The van der Waals surface area contributed by atoms with Gasteiger partial charge in [0, 0.05) is 12.8 Å². The predicted octanol–water partition coefficient (Wildman–Crippen LogP) is 14.0. The number of ether oxygens (including phenoxy) is 2. The van der Waals surface area contributed by atoms with Gasteiger partial charge in [-0.1, -0.05) is 164 Å². The number of hydrogen-bond acceptors (Lipinski definition) is 7. The molecule has 348 valence electrons. The first-order valence-electron chi connectivity index (χ1n) is 24.0. The van der Waals surface area contributed by atoms with Crippen molar-refractivity contribution < 1.29 is 42.1 Å². The summed E-state index contributed by atoms with van der Waals surface area (Å²) in [6.07, 6.45) is 51.4. The lowest BCUT2D eigenvalue weighted by Gasteiger charge is -2.24. The van der Waals surface area contributed by atoms with Gasteiger partial charge in [-0.15, -0.1) is 0 Å². The fraction of sp³-hybridized carbons (Fsp3) is 0.760. The molecule has 0 aliphatic rings. The third-order valence-electron chi connectivity index (χ3n) is 10.0. The zero-order valence-electron chi connectivity index (χ0n) is 39.2. The molecular weight excluding hydrogens is 774 g/mol. The largest absolute Gasteiger partial charge is 0.472 e. The van der Waals surface area contributed by atoms with Crippen molar-refractivity contribution in [2.75, 3.05) is 47.5 Å². The van der Waals surface area contributed by atoms with Gasteiger partial charge in [0.2, 0.25) is 0 Å². The van der Waals surface area contributed by atoms with Gasteiger partial charge in [0.15, 0.2) is 6.10 Å². The lowest BCUT2D eigenvalue weighted by molar-refractivity contribution is -0.870. The van der Waals surface area contributed by atoms with Gasteiger partial charge in [-0.2, -0.15) is 0 Å². The minimum Gasteiger partial charge on any atom is -0.462 e. The second-order valence-corrected chi connectivity index (χ2v) is 18.6. The van der Waals surface area contributed by atoms with Gasteiger partial charge < -0.3 is 18.9 Å². The molecule has 0 aromatic heterocycles. The van der Waals surface area contributed by atoms with Crippen LogP contribution < -0.4 is 0 Å². The van der Waals surface area contributed by atoms with Crippen LogP contribution in [0, 0.1) is 0 Å². The molecule has 0 saturated heterocycles. The standard InChI is InChI=1S/C50H90NO8P/c1-6-8-10-12-14-16-18-20-22-23-24-25-26-27-29-30-32-34-36-38-40-42-49(52)56-46-48(47-58-60(54,55)57-45-44-51(3,4)5)59-50(53)43-41-39-37-35-33-31-28-21-19-17-15-13-11-9-7-2/h22-23,25-26,29-31,33-34,36,48H,6-21,24,27-28,32,35,37-47H2,1-5H3/p+1/b23-22+,26-25+,30-29+,33-31+,36-34+/t48-/m0/s1. The molecule has 0 heterocycles. The van der Waals surface area contributed by atoms with Crippen molar-refractivity contribution >= 4 is 19.8 Å². The van der Waals surface area contributed by atoms with Crippen molar-refractivity contribution in [3.63, 3.8) is 0 Å². The van der Waals surface area contributed by atoms with Gasteiger partial charge in [-0.3, -0.25) is 18.6 Å². The number of allylic oxidation sites excluding steroid dienone is 10. The number of hydrogen-bond donors (Lipinski definition) is 1. The summed E-state index contributed by atoms with van der Waals surface area (Å²) in [5.41, 5.74) is 0. The number of likely N-dealkylation sites (N-methyl/N-ethyl adjacent to an activating group) is 1. The van der Waals surface area contributed by atoms with Crippen LogP contribution in [-0.2, 0) is 32.7 Å². The molecule has 0 aromatic rings. The Morgan fingerprint density at radius 2 is 0.917 bits per heavy atom. The van der Waals surface area contributed by atoms with E-state index in [4.69, 9.17) is 18.5 Å². The van der Waals surface area contributed by atoms with Gasteiger partial charge >= 0.3 is 19.8 Å². The van der Waals surface area contributed by atoms with Crippen molar-refractivity contribution in [1.82, 2.24) is 0 Å².